The Labute approximate surface area is 123 Å². The number of ether oxygens (including phenoxy) is 1. The molecule has 21 heavy (non-hydrogen) atoms. The molecule has 0 atom stereocenters. The van der Waals surface area contributed by atoms with Crippen LogP contribution in [0.2, 0.25) is 0 Å². The second kappa shape index (κ2) is 5.63. The van der Waals surface area contributed by atoms with E-state index in [1.807, 2.05) is 11.8 Å². The SMILES string of the molecule is CNS(=O)(=O)c1ccc(N2CC(C)(OCC(=O)O)C2)cc1. The van der Waals surface area contributed by atoms with Gasteiger partial charge in [0, 0.05) is 18.8 Å². The predicted molar refractivity (Wildman–Crippen MR) is 76.9 cm³/mol. The van der Waals surface area contributed by atoms with Crippen LogP contribution in [0.3, 0.4) is 0 Å². The Bertz CT molecular complexity index is 620. The standard InChI is InChI=1S/C13H18N2O5S/c1-13(20-7-12(16)17)8-15(9-13)10-3-5-11(6-4-10)21(18,19)14-2/h3-6,14H,7-9H2,1-2H3,(H,16,17). The molecule has 0 unspecified atom stereocenters. The summed E-state index contributed by atoms with van der Waals surface area (Å²) in [5.74, 6) is -0.990. The van der Waals surface area contributed by atoms with Gasteiger partial charge in [-0.1, -0.05) is 0 Å². The molecular weight excluding hydrogens is 296 g/mol. The van der Waals surface area contributed by atoms with Crippen LogP contribution >= 0.6 is 0 Å². The number of rotatable bonds is 6. The molecule has 1 aliphatic heterocycles. The van der Waals surface area contributed by atoms with Crippen LogP contribution in [-0.2, 0) is 19.6 Å². The number of sulfonamides is 1. The molecule has 2 rings (SSSR count). The van der Waals surface area contributed by atoms with Crippen molar-refractivity contribution in [2.24, 2.45) is 0 Å². The Hall–Kier alpha value is -1.64. The number of carboxylic acid groups (broad SMARTS) is 1. The highest BCUT2D eigenvalue weighted by Gasteiger charge is 2.40. The summed E-state index contributed by atoms with van der Waals surface area (Å²) in [7, 11) is -2.06. The first-order valence-electron chi connectivity index (χ1n) is 6.40. The van der Waals surface area contributed by atoms with Crippen LogP contribution in [0.5, 0.6) is 0 Å². The van der Waals surface area contributed by atoms with Gasteiger partial charge in [0.15, 0.2) is 0 Å². The summed E-state index contributed by atoms with van der Waals surface area (Å²) in [6.07, 6.45) is 0. The molecule has 1 aromatic carbocycles. The van der Waals surface area contributed by atoms with E-state index >= 15 is 0 Å². The molecule has 7 nitrogen and oxygen atoms in total. The van der Waals surface area contributed by atoms with E-state index in [9.17, 15) is 13.2 Å². The first kappa shape index (κ1) is 15.7. The van der Waals surface area contributed by atoms with Crippen LogP contribution in [0.15, 0.2) is 29.2 Å². The summed E-state index contributed by atoms with van der Waals surface area (Å²) in [5, 5.41) is 8.61. The second-order valence-electron chi connectivity index (χ2n) is 5.19. The lowest BCUT2D eigenvalue weighted by atomic mass is 9.95. The van der Waals surface area contributed by atoms with Gasteiger partial charge in [0.1, 0.15) is 12.2 Å². The van der Waals surface area contributed by atoms with Crippen molar-refractivity contribution in [1.29, 1.82) is 0 Å². The minimum Gasteiger partial charge on any atom is -0.480 e. The number of carbonyl (C=O) groups is 1. The maximum absolute atomic E-state index is 11.6. The van der Waals surface area contributed by atoms with Gasteiger partial charge in [0.05, 0.1) is 4.90 Å². The Balaban J connectivity index is 1.98. The summed E-state index contributed by atoms with van der Waals surface area (Å²) in [6.45, 7) is 2.67. The zero-order valence-electron chi connectivity index (χ0n) is 11.9. The van der Waals surface area contributed by atoms with E-state index in [0.29, 0.717) is 13.1 Å². The topological polar surface area (TPSA) is 95.9 Å². The van der Waals surface area contributed by atoms with Gasteiger partial charge in [0.2, 0.25) is 10.0 Å². The number of nitrogens with zero attached hydrogens (tertiary/aromatic N) is 1. The Morgan fingerprint density at radius 3 is 2.43 bits per heavy atom. The van der Waals surface area contributed by atoms with Crippen molar-refractivity contribution in [1.82, 2.24) is 4.72 Å². The van der Waals surface area contributed by atoms with Gasteiger partial charge in [-0.25, -0.2) is 17.9 Å². The Morgan fingerprint density at radius 1 is 1.38 bits per heavy atom. The molecule has 0 amide bonds. The number of aliphatic carboxylic acids is 1. The Kier molecular flexibility index (Phi) is 4.22. The molecule has 0 aliphatic carbocycles. The van der Waals surface area contributed by atoms with E-state index in [1.54, 1.807) is 12.1 Å². The van der Waals surface area contributed by atoms with Crippen molar-refractivity contribution < 1.29 is 23.1 Å². The lowest BCUT2D eigenvalue weighted by molar-refractivity contribution is -0.150. The third-order valence-electron chi connectivity index (χ3n) is 3.38. The largest absolute Gasteiger partial charge is 0.480 e. The molecule has 0 aromatic heterocycles. The lowest BCUT2D eigenvalue weighted by Crippen LogP contribution is -2.62. The molecule has 0 spiro atoms. The van der Waals surface area contributed by atoms with Crippen LogP contribution in [0.25, 0.3) is 0 Å². The first-order valence-corrected chi connectivity index (χ1v) is 7.88. The van der Waals surface area contributed by atoms with E-state index in [-0.39, 0.29) is 11.5 Å². The predicted octanol–water partition coefficient (Wildman–Crippen LogP) is 0.275. The van der Waals surface area contributed by atoms with Crippen molar-refractivity contribution in [2.45, 2.75) is 17.4 Å². The van der Waals surface area contributed by atoms with E-state index in [2.05, 4.69) is 4.72 Å². The van der Waals surface area contributed by atoms with E-state index in [0.717, 1.165) is 5.69 Å². The number of anilines is 1. The van der Waals surface area contributed by atoms with Gasteiger partial charge in [-0.2, -0.15) is 0 Å². The molecule has 116 valence electrons. The van der Waals surface area contributed by atoms with Gasteiger partial charge in [-0.15, -0.1) is 0 Å². The third-order valence-corrected chi connectivity index (χ3v) is 4.81. The molecule has 8 heteroatoms. The first-order chi connectivity index (χ1) is 9.76. The van der Waals surface area contributed by atoms with Crippen LogP contribution in [0.4, 0.5) is 5.69 Å². The molecule has 1 aromatic rings. The summed E-state index contributed by atoms with van der Waals surface area (Å²) in [6, 6.07) is 6.52. The average molecular weight is 314 g/mol. The van der Waals surface area contributed by atoms with Crippen LogP contribution in [-0.4, -0.2) is 51.8 Å². The van der Waals surface area contributed by atoms with Crippen LogP contribution in [0.1, 0.15) is 6.92 Å². The smallest absolute Gasteiger partial charge is 0.329 e. The van der Waals surface area contributed by atoms with E-state index < -0.39 is 21.6 Å². The maximum Gasteiger partial charge on any atom is 0.329 e. The quantitative estimate of drug-likeness (QED) is 0.783. The van der Waals surface area contributed by atoms with Crippen LogP contribution in [0, 0.1) is 0 Å². The fourth-order valence-corrected chi connectivity index (χ4v) is 2.96. The van der Waals surface area contributed by atoms with Crippen molar-refractivity contribution in [3.8, 4) is 0 Å². The van der Waals surface area contributed by atoms with Gasteiger partial charge < -0.3 is 14.7 Å². The zero-order chi connectivity index (χ0) is 15.7. The van der Waals surface area contributed by atoms with Crippen molar-refractivity contribution in [3.05, 3.63) is 24.3 Å². The molecule has 1 saturated heterocycles. The monoisotopic (exact) mass is 314 g/mol. The third kappa shape index (κ3) is 3.52. The Morgan fingerprint density at radius 2 is 1.95 bits per heavy atom. The number of benzene rings is 1. The fourth-order valence-electron chi connectivity index (χ4n) is 2.22. The molecule has 0 bridgehead atoms. The van der Waals surface area contributed by atoms with Gasteiger partial charge in [-0.3, -0.25) is 0 Å². The number of carboxylic acids is 1. The number of nitrogens with one attached hydrogen (secondary N) is 1. The number of hydrogen-bond donors (Lipinski definition) is 2. The number of hydrogen-bond acceptors (Lipinski definition) is 5. The summed E-state index contributed by atoms with van der Waals surface area (Å²) < 4.78 is 30.8. The summed E-state index contributed by atoms with van der Waals surface area (Å²) >= 11 is 0. The van der Waals surface area contributed by atoms with Gasteiger partial charge >= 0.3 is 5.97 Å². The highest BCUT2D eigenvalue weighted by Crippen LogP contribution is 2.30. The van der Waals surface area contributed by atoms with Gasteiger partial charge in [-0.05, 0) is 38.2 Å². The molecular formula is C13H18N2O5S. The maximum atomic E-state index is 11.6. The summed E-state index contributed by atoms with van der Waals surface area (Å²) in [5.41, 5.74) is 0.398. The van der Waals surface area contributed by atoms with Crippen molar-refractivity contribution in [2.75, 3.05) is 31.6 Å². The summed E-state index contributed by atoms with van der Waals surface area (Å²) in [4.78, 5) is 12.7. The van der Waals surface area contributed by atoms with Crippen molar-refractivity contribution in [3.63, 3.8) is 0 Å². The molecule has 0 saturated carbocycles. The van der Waals surface area contributed by atoms with Crippen molar-refractivity contribution >= 4 is 21.7 Å². The minimum atomic E-state index is -3.43. The van der Waals surface area contributed by atoms with Crippen LogP contribution < -0.4 is 9.62 Å². The molecule has 1 heterocycles. The molecule has 0 radical (unpaired) electrons. The second-order valence-corrected chi connectivity index (χ2v) is 7.08. The highest BCUT2D eigenvalue weighted by molar-refractivity contribution is 7.89. The van der Waals surface area contributed by atoms with Gasteiger partial charge in [0.25, 0.3) is 0 Å². The average Bonchev–Trinajstić information content (AvgIpc) is 2.42. The molecule has 1 fully saturated rings. The highest BCUT2D eigenvalue weighted by atomic mass is 32.2. The minimum absolute atomic E-state index is 0.208. The normalized spacial score (nSPS) is 17.3. The molecule has 2 N–H and O–H groups in total. The lowest BCUT2D eigenvalue weighted by Gasteiger charge is -2.48. The molecule has 1 aliphatic rings. The fraction of sp³-hybridized carbons (Fsp3) is 0.462. The zero-order valence-corrected chi connectivity index (χ0v) is 12.7. The van der Waals surface area contributed by atoms with E-state index in [4.69, 9.17) is 9.84 Å². The van der Waals surface area contributed by atoms with E-state index in [1.165, 1.54) is 19.2 Å².